The van der Waals surface area contributed by atoms with Crippen molar-refractivity contribution in [2.24, 2.45) is 0 Å². The third kappa shape index (κ3) is 5.95. The third-order valence-corrected chi connectivity index (χ3v) is 4.08. The van der Waals surface area contributed by atoms with E-state index in [1.807, 2.05) is 31.2 Å². The molecule has 0 atom stereocenters. The number of ketones is 1. The molecule has 0 bridgehead atoms. The van der Waals surface area contributed by atoms with Crippen LogP contribution in [0.2, 0.25) is 0 Å². The quantitative estimate of drug-likeness (QED) is 0.727. The summed E-state index contributed by atoms with van der Waals surface area (Å²) in [5.74, 6) is -0.244. The summed E-state index contributed by atoms with van der Waals surface area (Å²) in [6.07, 6.45) is 0.804. The van der Waals surface area contributed by atoms with Gasteiger partial charge in [0.2, 0.25) is 5.91 Å². The molecule has 6 nitrogen and oxygen atoms in total. The van der Waals surface area contributed by atoms with E-state index in [0.717, 1.165) is 17.7 Å². The molecule has 0 radical (unpaired) electrons. The van der Waals surface area contributed by atoms with Crippen LogP contribution in [0.5, 0.6) is 5.75 Å². The SMILES string of the molecule is CCc1ccccc1NC(=O)CN(C)C(=O)COc1cccc(C(C)=O)c1. The van der Waals surface area contributed by atoms with Crippen molar-refractivity contribution in [3.8, 4) is 5.75 Å². The normalized spacial score (nSPS) is 10.2. The topological polar surface area (TPSA) is 75.7 Å². The lowest BCUT2D eigenvalue weighted by Crippen LogP contribution is -2.37. The van der Waals surface area contributed by atoms with E-state index in [4.69, 9.17) is 4.74 Å². The maximum absolute atomic E-state index is 12.2. The van der Waals surface area contributed by atoms with Crippen LogP contribution in [0.25, 0.3) is 0 Å². The molecule has 0 aliphatic heterocycles. The Balaban J connectivity index is 1.87. The van der Waals surface area contributed by atoms with E-state index >= 15 is 0 Å². The highest BCUT2D eigenvalue weighted by Gasteiger charge is 2.15. The number of benzene rings is 2. The molecule has 2 rings (SSSR count). The Kier molecular flexibility index (Phi) is 7.11. The monoisotopic (exact) mass is 368 g/mol. The molecule has 0 aliphatic carbocycles. The summed E-state index contributed by atoms with van der Waals surface area (Å²) >= 11 is 0. The highest BCUT2D eigenvalue weighted by molar-refractivity contribution is 5.95. The van der Waals surface area contributed by atoms with Crippen molar-refractivity contribution in [3.05, 3.63) is 59.7 Å². The number of amides is 2. The van der Waals surface area contributed by atoms with E-state index in [-0.39, 0.29) is 30.7 Å². The summed E-state index contributed by atoms with van der Waals surface area (Å²) < 4.78 is 5.44. The predicted molar refractivity (Wildman–Crippen MR) is 104 cm³/mol. The summed E-state index contributed by atoms with van der Waals surface area (Å²) in [7, 11) is 1.54. The van der Waals surface area contributed by atoms with E-state index in [1.165, 1.54) is 11.8 Å². The fourth-order valence-corrected chi connectivity index (χ4v) is 2.50. The molecule has 0 saturated carbocycles. The summed E-state index contributed by atoms with van der Waals surface area (Å²) in [4.78, 5) is 37.1. The highest BCUT2D eigenvalue weighted by atomic mass is 16.5. The van der Waals surface area contributed by atoms with Gasteiger partial charge in [-0.15, -0.1) is 0 Å². The second-order valence-electron chi connectivity index (χ2n) is 6.18. The van der Waals surface area contributed by atoms with Crippen LogP contribution in [0.3, 0.4) is 0 Å². The lowest BCUT2D eigenvalue weighted by atomic mass is 10.1. The summed E-state index contributed by atoms with van der Waals surface area (Å²) in [5, 5.41) is 2.83. The van der Waals surface area contributed by atoms with Crippen LogP contribution in [0.4, 0.5) is 5.69 Å². The van der Waals surface area contributed by atoms with Gasteiger partial charge in [0.15, 0.2) is 12.4 Å². The predicted octanol–water partition coefficient (Wildman–Crippen LogP) is 2.93. The highest BCUT2D eigenvalue weighted by Crippen LogP contribution is 2.16. The van der Waals surface area contributed by atoms with E-state index in [0.29, 0.717) is 11.3 Å². The van der Waals surface area contributed by atoms with Crippen molar-refractivity contribution in [3.63, 3.8) is 0 Å². The van der Waals surface area contributed by atoms with Crippen molar-refractivity contribution < 1.29 is 19.1 Å². The van der Waals surface area contributed by atoms with Gasteiger partial charge in [-0.2, -0.15) is 0 Å². The smallest absolute Gasteiger partial charge is 0.260 e. The fraction of sp³-hybridized carbons (Fsp3) is 0.286. The molecule has 27 heavy (non-hydrogen) atoms. The average molecular weight is 368 g/mol. The zero-order valence-corrected chi connectivity index (χ0v) is 15.8. The lowest BCUT2D eigenvalue weighted by Gasteiger charge is -2.18. The Morgan fingerprint density at radius 3 is 2.52 bits per heavy atom. The number of ether oxygens (including phenoxy) is 1. The third-order valence-electron chi connectivity index (χ3n) is 4.08. The largest absolute Gasteiger partial charge is 0.484 e. The fourth-order valence-electron chi connectivity index (χ4n) is 2.50. The number of hydrogen-bond donors (Lipinski definition) is 1. The number of aryl methyl sites for hydroxylation is 1. The Morgan fingerprint density at radius 2 is 1.81 bits per heavy atom. The van der Waals surface area contributed by atoms with Crippen molar-refractivity contribution in [2.75, 3.05) is 25.5 Å². The maximum Gasteiger partial charge on any atom is 0.260 e. The summed E-state index contributed by atoms with van der Waals surface area (Å²) in [6, 6.07) is 14.2. The van der Waals surface area contributed by atoms with Crippen LogP contribution >= 0.6 is 0 Å². The van der Waals surface area contributed by atoms with Gasteiger partial charge in [-0.25, -0.2) is 0 Å². The second-order valence-corrected chi connectivity index (χ2v) is 6.18. The Bertz CT molecular complexity index is 832. The van der Waals surface area contributed by atoms with Crippen molar-refractivity contribution >= 4 is 23.3 Å². The van der Waals surface area contributed by atoms with Gasteiger partial charge in [-0.1, -0.05) is 37.3 Å². The summed E-state index contributed by atoms with van der Waals surface area (Å²) in [5.41, 5.74) is 2.30. The minimum atomic E-state index is -0.331. The molecule has 142 valence electrons. The number of likely N-dealkylation sites (N-methyl/N-ethyl adjacent to an activating group) is 1. The van der Waals surface area contributed by atoms with Crippen LogP contribution < -0.4 is 10.1 Å². The van der Waals surface area contributed by atoms with Gasteiger partial charge in [-0.3, -0.25) is 14.4 Å². The van der Waals surface area contributed by atoms with Crippen molar-refractivity contribution in [2.45, 2.75) is 20.3 Å². The molecule has 0 saturated heterocycles. The van der Waals surface area contributed by atoms with E-state index in [2.05, 4.69) is 5.32 Å². The molecule has 0 fully saturated rings. The zero-order valence-electron chi connectivity index (χ0n) is 15.8. The van der Waals surface area contributed by atoms with Crippen LogP contribution in [-0.4, -0.2) is 42.7 Å². The van der Waals surface area contributed by atoms with Crippen molar-refractivity contribution in [1.82, 2.24) is 4.90 Å². The number of rotatable bonds is 8. The van der Waals surface area contributed by atoms with E-state index < -0.39 is 0 Å². The molecule has 2 aromatic carbocycles. The number of hydrogen-bond acceptors (Lipinski definition) is 4. The molecule has 0 unspecified atom stereocenters. The molecular formula is C21H24N2O4. The Labute approximate surface area is 159 Å². The number of carbonyl (C=O) groups is 3. The van der Waals surface area contributed by atoms with E-state index in [9.17, 15) is 14.4 Å². The molecule has 0 aliphatic rings. The van der Waals surface area contributed by atoms with Gasteiger partial charge in [0.25, 0.3) is 5.91 Å². The first kappa shape index (κ1) is 20.2. The van der Waals surface area contributed by atoms with Crippen LogP contribution in [0.1, 0.15) is 29.8 Å². The molecule has 0 spiro atoms. The molecule has 2 aromatic rings. The molecule has 6 heteroatoms. The number of para-hydroxylation sites is 1. The van der Waals surface area contributed by atoms with Crippen LogP contribution in [0, 0.1) is 0 Å². The molecule has 2 amide bonds. The Morgan fingerprint density at radius 1 is 1.07 bits per heavy atom. The zero-order chi connectivity index (χ0) is 19.8. The van der Waals surface area contributed by atoms with Crippen molar-refractivity contribution in [1.29, 1.82) is 0 Å². The first-order valence-electron chi connectivity index (χ1n) is 8.76. The summed E-state index contributed by atoms with van der Waals surface area (Å²) in [6.45, 7) is 3.19. The van der Waals surface area contributed by atoms with Gasteiger partial charge >= 0.3 is 0 Å². The lowest BCUT2D eigenvalue weighted by molar-refractivity contribution is -0.135. The first-order chi connectivity index (χ1) is 12.9. The van der Waals surface area contributed by atoms with Gasteiger partial charge < -0.3 is 15.0 Å². The molecule has 0 aromatic heterocycles. The van der Waals surface area contributed by atoms with Gasteiger partial charge in [-0.05, 0) is 37.1 Å². The molecule has 0 heterocycles. The van der Waals surface area contributed by atoms with E-state index in [1.54, 1.807) is 31.3 Å². The number of nitrogens with zero attached hydrogens (tertiary/aromatic N) is 1. The average Bonchev–Trinajstić information content (AvgIpc) is 2.66. The Hall–Kier alpha value is -3.15. The number of nitrogens with one attached hydrogen (secondary N) is 1. The second kappa shape index (κ2) is 9.52. The van der Waals surface area contributed by atoms with Gasteiger partial charge in [0.05, 0.1) is 6.54 Å². The van der Waals surface area contributed by atoms with Crippen LogP contribution in [-0.2, 0) is 16.0 Å². The standard InChI is InChI=1S/C21H24N2O4/c1-4-16-8-5-6-11-19(16)22-20(25)13-23(3)21(26)14-27-18-10-7-9-17(12-18)15(2)24/h5-12H,4,13-14H2,1-3H3,(H,22,25). The molecule has 1 N–H and O–H groups in total. The first-order valence-corrected chi connectivity index (χ1v) is 8.76. The molecular weight excluding hydrogens is 344 g/mol. The van der Waals surface area contributed by atoms with Gasteiger partial charge in [0, 0.05) is 18.3 Å². The number of carbonyl (C=O) groups excluding carboxylic acids is 3. The maximum atomic E-state index is 12.2. The minimum Gasteiger partial charge on any atom is -0.484 e. The minimum absolute atomic E-state index is 0.0757. The van der Waals surface area contributed by atoms with Crippen LogP contribution in [0.15, 0.2) is 48.5 Å². The number of Topliss-reactive ketones (excluding diaryl/α,β-unsaturated/α-hetero) is 1. The number of anilines is 1. The van der Waals surface area contributed by atoms with Gasteiger partial charge in [0.1, 0.15) is 5.75 Å².